The van der Waals surface area contributed by atoms with Crippen LogP contribution in [0.5, 0.6) is 0 Å². The van der Waals surface area contributed by atoms with Crippen LogP contribution >= 0.6 is 34.8 Å². The fraction of sp³-hybridized carbons (Fsp3) is 0.250. The number of amides is 2. The number of nitrogens with zero attached hydrogens (tertiary/aromatic N) is 1. The summed E-state index contributed by atoms with van der Waals surface area (Å²) in [5.74, 6) is -0.327. The lowest BCUT2D eigenvalue weighted by atomic mass is 10.1. The molecular formula is C20H20IN3O3S. The summed E-state index contributed by atoms with van der Waals surface area (Å²) < 4.78 is 6.30. The summed E-state index contributed by atoms with van der Waals surface area (Å²) in [5, 5.41) is 5.82. The number of carbonyl (C=O) groups is 2. The molecule has 2 N–H and O–H groups in total. The second-order valence-corrected chi connectivity index (χ2v) is 7.93. The third kappa shape index (κ3) is 5.27. The predicted molar refractivity (Wildman–Crippen MR) is 121 cm³/mol. The molecule has 146 valence electrons. The van der Waals surface area contributed by atoms with Gasteiger partial charge in [-0.15, -0.1) is 0 Å². The zero-order chi connectivity index (χ0) is 20.1. The Morgan fingerprint density at radius 2 is 1.86 bits per heavy atom. The van der Waals surface area contributed by atoms with E-state index in [0.29, 0.717) is 43.1 Å². The number of aryl methyl sites for hydroxylation is 1. The molecule has 0 radical (unpaired) electrons. The van der Waals surface area contributed by atoms with E-state index < -0.39 is 0 Å². The molecule has 1 fully saturated rings. The third-order valence-electron chi connectivity index (χ3n) is 4.33. The van der Waals surface area contributed by atoms with Gasteiger partial charge in [0, 0.05) is 33.5 Å². The SMILES string of the molecule is Cc1ccc(C(=O)NC(=S)Nc2cccc(C(=O)N3CCOCC3)c2)cc1I. The van der Waals surface area contributed by atoms with Crippen molar-refractivity contribution in [3.8, 4) is 0 Å². The molecule has 0 saturated carbocycles. The molecule has 0 spiro atoms. The monoisotopic (exact) mass is 509 g/mol. The van der Waals surface area contributed by atoms with Crippen LogP contribution in [0, 0.1) is 10.5 Å². The van der Waals surface area contributed by atoms with Crippen molar-refractivity contribution in [2.24, 2.45) is 0 Å². The van der Waals surface area contributed by atoms with Gasteiger partial charge in [0.1, 0.15) is 0 Å². The Kier molecular flexibility index (Phi) is 6.97. The average Bonchev–Trinajstić information content (AvgIpc) is 2.70. The van der Waals surface area contributed by atoms with Crippen LogP contribution in [0.25, 0.3) is 0 Å². The number of nitrogens with one attached hydrogen (secondary N) is 2. The van der Waals surface area contributed by atoms with Gasteiger partial charge < -0.3 is 15.0 Å². The lowest BCUT2D eigenvalue weighted by Crippen LogP contribution is -2.40. The van der Waals surface area contributed by atoms with Crippen molar-refractivity contribution in [3.05, 3.63) is 62.7 Å². The minimum Gasteiger partial charge on any atom is -0.378 e. The average molecular weight is 509 g/mol. The molecular weight excluding hydrogens is 489 g/mol. The Hall–Kier alpha value is -2.04. The highest BCUT2D eigenvalue weighted by atomic mass is 127. The number of ether oxygens (including phenoxy) is 1. The first-order valence-corrected chi connectivity index (χ1v) is 10.3. The minimum absolute atomic E-state index is 0.0452. The van der Waals surface area contributed by atoms with Gasteiger partial charge in [0.05, 0.1) is 13.2 Å². The fourth-order valence-electron chi connectivity index (χ4n) is 2.75. The van der Waals surface area contributed by atoms with Gasteiger partial charge >= 0.3 is 0 Å². The number of carbonyl (C=O) groups excluding carboxylic acids is 2. The van der Waals surface area contributed by atoms with Gasteiger partial charge in [0.15, 0.2) is 5.11 Å². The summed E-state index contributed by atoms with van der Waals surface area (Å²) in [7, 11) is 0. The van der Waals surface area contributed by atoms with E-state index in [-0.39, 0.29) is 16.9 Å². The molecule has 0 unspecified atom stereocenters. The van der Waals surface area contributed by atoms with E-state index in [4.69, 9.17) is 17.0 Å². The first-order valence-electron chi connectivity index (χ1n) is 8.79. The highest BCUT2D eigenvalue weighted by Crippen LogP contribution is 2.15. The van der Waals surface area contributed by atoms with Crippen LogP contribution in [0.2, 0.25) is 0 Å². The van der Waals surface area contributed by atoms with E-state index in [2.05, 4.69) is 33.2 Å². The molecule has 28 heavy (non-hydrogen) atoms. The number of benzene rings is 2. The van der Waals surface area contributed by atoms with E-state index >= 15 is 0 Å². The molecule has 0 bridgehead atoms. The molecule has 2 amide bonds. The summed E-state index contributed by atoms with van der Waals surface area (Å²) in [6.07, 6.45) is 0. The molecule has 1 aliphatic heterocycles. The zero-order valence-corrected chi connectivity index (χ0v) is 18.3. The Morgan fingerprint density at radius 1 is 1.11 bits per heavy atom. The first-order chi connectivity index (χ1) is 13.4. The van der Waals surface area contributed by atoms with Crippen LogP contribution < -0.4 is 10.6 Å². The molecule has 6 nitrogen and oxygen atoms in total. The largest absolute Gasteiger partial charge is 0.378 e. The van der Waals surface area contributed by atoms with Crippen molar-refractivity contribution in [3.63, 3.8) is 0 Å². The molecule has 8 heteroatoms. The van der Waals surface area contributed by atoms with E-state index in [0.717, 1.165) is 9.13 Å². The van der Waals surface area contributed by atoms with Crippen molar-refractivity contribution in [1.29, 1.82) is 0 Å². The number of rotatable bonds is 3. The standard InChI is InChI=1S/C20H20IN3O3S/c1-13-5-6-14(12-17(13)21)18(25)23-20(28)22-16-4-2-3-15(11-16)19(26)24-7-9-27-10-8-24/h2-6,11-12H,7-10H2,1H3,(H2,22,23,25,28). The quantitative estimate of drug-likeness (QED) is 0.492. The van der Waals surface area contributed by atoms with Crippen LogP contribution in [-0.4, -0.2) is 48.1 Å². The summed E-state index contributed by atoms with van der Waals surface area (Å²) in [5.41, 5.74) is 2.85. The van der Waals surface area contributed by atoms with Gasteiger partial charge in [-0.2, -0.15) is 0 Å². The number of hydrogen-bond donors (Lipinski definition) is 2. The van der Waals surface area contributed by atoms with Gasteiger partial charge in [0.2, 0.25) is 0 Å². The maximum atomic E-state index is 12.6. The summed E-state index contributed by atoms with van der Waals surface area (Å²) in [6.45, 7) is 4.26. The smallest absolute Gasteiger partial charge is 0.257 e. The maximum Gasteiger partial charge on any atom is 0.257 e. The highest BCUT2D eigenvalue weighted by Gasteiger charge is 2.18. The summed E-state index contributed by atoms with van der Waals surface area (Å²) >= 11 is 7.44. The van der Waals surface area contributed by atoms with Crippen LogP contribution in [-0.2, 0) is 4.74 Å². The van der Waals surface area contributed by atoms with Crippen molar-refractivity contribution in [2.75, 3.05) is 31.6 Å². The van der Waals surface area contributed by atoms with Gasteiger partial charge in [-0.3, -0.25) is 14.9 Å². The molecule has 2 aromatic rings. The molecule has 0 atom stereocenters. The Morgan fingerprint density at radius 3 is 2.57 bits per heavy atom. The van der Waals surface area contributed by atoms with Crippen LogP contribution in [0.3, 0.4) is 0 Å². The lowest BCUT2D eigenvalue weighted by molar-refractivity contribution is 0.0303. The Balaban J connectivity index is 1.63. The molecule has 3 rings (SSSR count). The minimum atomic E-state index is -0.282. The van der Waals surface area contributed by atoms with Crippen molar-refractivity contribution < 1.29 is 14.3 Å². The highest BCUT2D eigenvalue weighted by molar-refractivity contribution is 14.1. The van der Waals surface area contributed by atoms with Gasteiger partial charge in [-0.1, -0.05) is 12.1 Å². The van der Waals surface area contributed by atoms with Gasteiger partial charge in [0.25, 0.3) is 11.8 Å². The molecule has 0 aliphatic carbocycles. The van der Waals surface area contributed by atoms with Crippen LogP contribution in [0.1, 0.15) is 26.3 Å². The Bertz CT molecular complexity index is 913. The van der Waals surface area contributed by atoms with Crippen LogP contribution in [0.4, 0.5) is 5.69 Å². The van der Waals surface area contributed by atoms with E-state index in [1.807, 2.05) is 19.1 Å². The summed E-state index contributed by atoms with van der Waals surface area (Å²) in [6, 6.07) is 12.5. The molecule has 1 aliphatic rings. The van der Waals surface area contributed by atoms with Gasteiger partial charge in [-0.25, -0.2) is 0 Å². The number of morpholine rings is 1. The zero-order valence-electron chi connectivity index (χ0n) is 15.3. The number of thiocarbonyl (C=S) groups is 1. The Labute approximate surface area is 182 Å². The summed E-state index contributed by atoms with van der Waals surface area (Å²) in [4.78, 5) is 26.7. The normalized spacial score (nSPS) is 13.7. The van der Waals surface area contributed by atoms with Crippen molar-refractivity contribution >= 4 is 57.4 Å². The molecule has 1 saturated heterocycles. The second-order valence-electron chi connectivity index (χ2n) is 6.36. The number of anilines is 1. The van der Waals surface area contributed by atoms with E-state index in [1.54, 1.807) is 35.2 Å². The molecule has 0 aromatic heterocycles. The van der Waals surface area contributed by atoms with Crippen molar-refractivity contribution in [2.45, 2.75) is 6.92 Å². The lowest BCUT2D eigenvalue weighted by Gasteiger charge is -2.27. The first kappa shape index (κ1) is 20.7. The fourth-order valence-corrected chi connectivity index (χ4v) is 3.48. The molecule has 1 heterocycles. The third-order valence-corrected chi connectivity index (χ3v) is 5.69. The van der Waals surface area contributed by atoms with Crippen molar-refractivity contribution in [1.82, 2.24) is 10.2 Å². The van der Waals surface area contributed by atoms with E-state index in [9.17, 15) is 9.59 Å². The van der Waals surface area contributed by atoms with E-state index in [1.165, 1.54) is 0 Å². The predicted octanol–water partition coefficient (Wildman–Crippen LogP) is 3.20. The van der Waals surface area contributed by atoms with Crippen LogP contribution in [0.15, 0.2) is 42.5 Å². The number of halogens is 1. The van der Waals surface area contributed by atoms with Gasteiger partial charge in [-0.05, 0) is 77.6 Å². The number of hydrogen-bond acceptors (Lipinski definition) is 4. The second kappa shape index (κ2) is 9.44. The molecule has 2 aromatic carbocycles. The maximum absolute atomic E-state index is 12.6. The topological polar surface area (TPSA) is 70.7 Å².